The van der Waals surface area contributed by atoms with Crippen LogP contribution in [-0.4, -0.2) is 55.4 Å². The SMILES string of the molecule is COc1cccc(F)c1C(=O)N1CCC2(CC1)[C@@H](O)C[C@H]2OC. The van der Waals surface area contributed by atoms with Gasteiger partial charge in [0.05, 0.1) is 19.3 Å². The Morgan fingerprint density at radius 3 is 2.61 bits per heavy atom. The molecule has 0 bridgehead atoms. The van der Waals surface area contributed by atoms with E-state index in [2.05, 4.69) is 0 Å². The molecule has 2 fully saturated rings. The van der Waals surface area contributed by atoms with Crippen molar-refractivity contribution >= 4 is 5.91 Å². The van der Waals surface area contributed by atoms with Crippen molar-refractivity contribution in [1.29, 1.82) is 0 Å². The van der Waals surface area contributed by atoms with Crippen molar-refractivity contribution in [2.75, 3.05) is 27.3 Å². The van der Waals surface area contributed by atoms with E-state index >= 15 is 0 Å². The molecule has 126 valence electrons. The average Bonchev–Trinajstić information content (AvgIpc) is 2.58. The molecule has 1 aliphatic carbocycles. The van der Waals surface area contributed by atoms with E-state index < -0.39 is 5.82 Å². The second-order valence-corrected chi connectivity index (χ2v) is 6.32. The molecule has 1 aliphatic heterocycles. The zero-order valence-corrected chi connectivity index (χ0v) is 13.4. The molecular formula is C17H22FNO4. The largest absolute Gasteiger partial charge is 0.496 e. The summed E-state index contributed by atoms with van der Waals surface area (Å²) in [5, 5.41) is 10.1. The summed E-state index contributed by atoms with van der Waals surface area (Å²) in [6.45, 7) is 0.959. The van der Waals surface area contributed by atoms with Gasteiger partial charge >= 0.3 is 0 Å². The summed E-state index contributed by atoms with van der Waals surface area (Å²) in [6, 6.07) is 4.36. The maximum Gasteiger partial charge on any atom is 0.260 e. The van der Waals surface area contributed by atoms with Crippen LogP contribution in [0.3, 0.4) is 0 Å². The van der Waals surface area contributed by atoms with Gasteiger partial charge in [-0.3, -0.25) is 4.79 Å². The summed E-state index contributed by atoms with van der Waals surface area (Å²) in [5.41, 5.74) is -0.284. The number of ether oxygens (including phenoxy) is 2. The van der Waals surface area contributed by atoms with Gasteiger partial charge in [0.2, 0.25) is 0 Å². The minimum Gasteiger partial charge on any atom is -0.496 e. The van der Waals surface area contributed by atoms with Crippen LogP contribution in [0.15, 0.2) is 18.2 Å². The second kappa shape index (κ2) is 6.09. The van der Waals surface area contributed by atoms with Crippen LogP contribution in [0.5, 0.6) is 5.75 Å². The summed E-state index contributed by atoms with van der Waals surface area (Å²) in [6.07, 6.45) is 1.63. The minimum atomic E-state index is -0.576. The second-order valence-electron chi connectivity index (χ2n) is 6.32. The number of nitrogens with zero attached hydrogens (tertiary/aromatic N) is 1. The number of methoxy groups -OCH3 is 2. The molecular weight excluding hydrogens is 301 g/mol. The Morgan fingerprint density at radius 2 is 2.04 bits per heavy atom. The monoisotopic (exact) mass is 323 g/mol. The van der Waals surface area contributed by atoms with Crippen LogP contribution in [0, 0.1) is 11.2 Å². The Balaban J connectivity index is 1.75. The number of aliphatic hydroxyl groups excluding tert-OH is 1. The standard InChI is InChI=1S/C17H22FNO4/c1-22-12-5-3-4-11(18)15(12)16(21)19-8-6-17(7-9-19)13(20)10-14(17)23-2/h3-5,13-14,20H,6-10H2,1-2H3/t13-,14+/m0/s1. The van der Waals surface area contributed by atoms with E-state index in [4.69, 9.17) is 9.47 Å². The average molecular weight is 323 g/mol. The van der Waals surface area contributed by atoms with Crippen molar-refractivity contribution in [3.8, 4) is 5.75 Å². The highest BCUT2D eigenvalue weighted by molar-refractivity contribution is 5.97. The highest BCUT2D eigenvalue weighted by Gasteiger charge is 2.56. The number of hydrogen-bond donors (Lipinski definition) is 1. The van der Waals surface area contributed by atoms with Gasteiger partial charge in [0.25, 0.3) is 5.91 Å². The molecule has 1 N–H and O–H groups in total. The molecule has 2 atom stereocenters. The normalized spacial score (nSPS) is 26.0. The Kier molecular flexibility index (Phi) is 4.29. The third-order valence-corrected chi connectivity index (χ3v) is 5.42. The molecule has 1 aromatic rings. The van der Waals surface area contributed by atoms with Crippen molar-refractivity contribution < 1.29 is 23.8 Å². The molecule has 1 saturated carbocycles. The minimum absolute atomic E-state index is 0.0246. The maximum absolute atomic E-state index is 14.1. The van der Waals surface area contributed by atoms with Crippen LogP contribution in [0.1, 0.15) is 29.6 Å². The number of amides is 1. The van der Waals surface area contributed by atoms with Gasteiger partial charge in [-0.05, 0) is 25.0 Å². The van der Waals surface area contributed by atoms with E-state index in [0.717, 1.165) is 0 Å². The molecule has 0 unspecified atom stereocenters. The molecule has 1 aromatic carbocycles. The molecule has 23 heavy (non-hydrogen) atoms. The zero-order chi connectivity index (χ0) is 16.6. The number of benzene rings is 1. The van der Waals surface area contributed by atoms with E-state index in [1.807, 2.05) is 0 Å². The highest BCUT2D eigenvalue weighted by atomic mass is 19.1. The summed E-state index contributed by atoms with van der Waals surface area (Å²) in [7, 11) is 3.07. The van der Waals surface area contributed by atoms with Crippen molar-refractivity contribution in [1.82, 2.24) is 4.90 Å². The number of carbonyl (C=O) groups excluding carboxylic acids is 1. The number of likely N-dealkylation sites (tertiary alicyclic amines) is 1. The lowest BCUT2D eigenvalue weighted by molar-refractivity contribution is -0.199. The molecule has 5 nitrogen and oxygen atoms in total. The van der Waals surface area contributed by atoms with Crippen molar-refractivity contribution in [3.63, 3.8) is 0 Å². The first-order chi connectivity index (χ1) is 11.0. The lowest BCUT2D eigenvalue weighted by Crippen LogP contribution is -2.62. The number of halogens is 1. The highest BCUT2D eigenvalue weighted by Crippen LogP contribution is 2.50. The van der Waals surface area contributed by atoms with Gasteiger partial charge in [0, 0.05) is 32.0 Å². The number of aliphatic hydroxyl groups is 1. The molecule has 3 rings (SSSR count). The van der Waals surface area contributed by atoms with Crippen LogP contribution in [-0.2, 0) is 4.74 Å². The van der Waals surface area contributed by atoms with E-state index in [1.54, 1.807) is 18.1 Å². The first kappa shape index (κ1) is 16.2. The molecule has 1 saturated heterocycles. The molecule has 6 heteroatoms. The van der Waals surface area contributed by atoms with Crippen molar-refractivity contribution in [3.05, 3.63) is 29.6 Å². The Hall–Kier alpha value is -1.66. The summed E-state index contributed by atoms with van der Waals surface area (Å²) < 4.78 is 24.6. The van der Waals surface area contributed by atoms with Crippen LogP contribution in [0.25, 0.3) is 0 Å². The van der Waals surface area contributed by atoms with Gasteiger partial charge in [-0.2, -0.15) is 0 Å². The lowest BCUT2D eigenvalue weighted by atomic mass is 9.58. The predicted molar refractivity (Wildman–Crippen MR) is 81.9 cm³/mol. The van der Waals surface area contributed by atoms with Gasteiger partial charge in [-0.15, -0.1) is 0 Å². The van der Waals surface area contributed by atoms with E-state index in [1.165, 1.54) is 19.2 Å². The Labute approximate surface area is 135 Å². The number of rotatable bonds is 3. The predicted octanol–water partition coefficient (Wildman–Crippen LogP) is 1.84. The van der Waals surface area contributed by atoms with Gasteiger partial charge in [-0.1, -0.05) is 6.07 Å². The quantitative estimate of drug-likeness (QED) is 0.922. The molecule has 2 aliphatic rings. The smallest absolute Gasteiger partial charge is 0.260 e. The maximum atomic E-state index is 14.1. The van der Waals surface area contributed by atoms with Crippen molar-refractivity contribution in [2.45, 2.75) is 31.5 Å². The number of hydrogen-bond acceptors (Lipinski definition) is 4. The first-order valence-corrected chi connectivity index (χ1v) is 7.86. The van der Waals surface area contributed by atoms with Crippen LogP contribution >= 0.6 is 0 Å². The molecule has 0 aromatic heterocycles. The van der Waals surface area contributed by atoms with Crippen LogP contribution in [0.4, 0.5) is 4.39 Å². The van der Waals surface area contributed by atoms with Crippen molar-refractivity contribution in [2.24, 2.45) is 5.41 Å². The van der Waals surface area contributed by atoms with Crippen LogP contribution in [0.2, 0.25) is 0 Å². The topological polar surface area (TPSA) is 59.0 Å². The van der Waals surface area contributed by atoms with Crippen LogP contribution < -0.4 is 4.74 Å². The molecule has 1 spiro atoms. The third-order valence-electron chi connectivity index (χ3n) is 5.42. The Bertz CT molecular complexity index is 598. The fraction of sp³-hybridized carbons (Fsp3) is 0.588. The van der Waals surface area contributed by atoms with Gasteiger partial charge in [-0.25, -0.2) is 4.39 Å². The van der Waals surface area contributed by atoms with Gasteiger partial charge in [0.15, 0.2) is 0 Å². The molecule has 1 heterocycles. The Morgan fingerprint density at radius 1 is 1.35 bits per heavy atom. The summed E-state index contributed by atoms with van der Waals surface area (Å²) in [5.74, 6) is -0.695. The lowest BCUT2D eigenvalue weighted by Gasteiger charge is -2.56. The van der Waals surface area contributed by atoms with E-state index in [-0.39, 0.29) is 34.8 Å². The third kappa shape index (κ3) is 2.50. The molecule has 0 radical (unpaired) electrons. The fourth-order valence-corrected chi connectivity index (χ4v) is 3.88. The number of piperidine rings is 1. The number of carbonyl (C=O) groups is 1. The summed E-state index contributed by atoms with van der Waals surface area (Å²) in [4.78, 5) is 14.3. The first-order valence-electron chi connectivity index (χ1n) is 7.86. The van der Waals surface area contributed by atoms with Gasteiger partial charge in [0.1, 0.15) is 17.1 Å². The van der Waals surface area contributed by atoms with E-state index in [9.17, 15) is 14.3 Å². The zero-order valence-electron chi connectivity index (χ0n) is 13.4. The van der Waals surface area contributed by atoms with Gasteiger partial charge < -0.3 is 19.5 Å². The van der Waals surface area contributed by atoms with E-state index in [0.29, 0.717) is 32.4 Å². The summed E-state index contributed by atoms with van der Waals surface area (Å²) >= 11 is 0. The molecule has 1 amide bonds. The fourth-order valence-electron chi connectivity index (χ4n) is 3.88.